The van der Waals surface area contributed by atoms with E-state index in [4.69, 9.17) is 22.1 Å². The van der Waals surface area contributed by atoms with E-state index in [2.05, 4.69) is 0 Å². The summed E-state index contributed by atoms with van der Waals surface area (Å²) in [5.74, 6) is 0.108. The molecule has 0 bridgehead atoms. The Hall–Kier alpha value is -0.800. The second kappa shape index (κ2) is 4.81. The highest BCUT2D eigenvalue weighted by Crippen LogP contribution is 2.31. The summed E-state index contributed by atoms with van der Waals surface area (Å²) < 4.78 is 18.6. The average molecular weight is 232 g/mol. The minimum Gasteiger partial charge on any atom is -0.496 e. The van der Waals surface area contributed by atoms with Crippen LogP contribution < -0.4 is 10.5 Å². The Morgan fingerprint density at radius 2 is 2.20 bits per heavy atom. The van der Waals surface area contributed by atoms with Crippen LogP contribution in [0.2, 0.25) is 5.02 Å². The van der Waals surface area contributed by atoms with Crippen molar-refractivity contribution in [1.29, 1.82) is 0 Å². The van der Waals surface area contributed by atoms with E-state index in [0.29, 0.717) is 17.7 Å². The van der Waals surface area contributed by atoms with Gasteiger partial charge in [-0.3, -0.25) is 0 Å². The molecule has 0 fully saturated rings. The largest absolute Gasteiger partial charge is 0.496 e. The van der Waals surface area contributed by atoms with Gasteiger partial charge in [0.25, 0.3) is 0 Å². The maximum absolute atomic E-state index is 13.5. The number of ether oxygens (including phenoxy) is 1. The van der Waals surface area contributed by atoms with Crippen molar-refractivity contribution in [3.8, 4) is 5.75 Å². The standard InChI is InChI=1S/C11H15ClFNO/c1-6(14)4-8-5-9(12)10(13)7(2)11(8)15-3/h5-6H,4,14H2,1-3H3. The highest BCUT2D eigenvalue weighted by Gasteiger charge is 2.15. The summed E-state index contributed by atoms with van der Waals surface area (Å²) in [6, 6.07) is 1.56. The van der Waals surface area contributed by atoms with Gasteiger partial charge in [0.05, 0.1) is 12.1 Å². The summed E-state index contributed by atoms with van der Waals surface area (Å²) >= 11 is 5.76. The number of halogens is 2. The highest BCUT2D eigenvalue weighted by molar-refractivity contribution is 6.30. The molecule has 0 aliphatic carbocycles. The van der Waals surface area contributed by atoms with Crippen molar-refractivity contribution in [3.05, 3.63) is 28.0 Å². The van der Waals surface area contributed by atoms with E-state index in [9.17, 15) is 4.39 Å². The summed E-state index contributed by atoms with van der Waals surface area (Å²) in [6.45, 7) is 3.52. The first-order chi connectivity index (χ1) is 6.97. The lowest BCUT2D eigenvalue weighted by molar-refractivity contribution is 0.400. The zero-order chi connectivity index (χ0) is 11.6. The Morgan fingerprint density at radius 1 is 1.60 bits per heavy atom. The quantitative estimate of drug-likeness (QED) is 0.868. The van der Waals surface area contributed by atoms with E-state index in [1.165, 1.54) is 7.11 Å². The fraction of sp³-hybridized carbons (Fsp3) is 0.455. The first-order valence-electron chi connectivity index (χ1n) is 4.74. The van der Waals surface area contributed by atoms with Crippen LogP contribution in [-0.2, 0) is 6.42 Å². The Bertz CT molecular complexity index is 366. The van der Waals surface area contributed by atoms with Gasteiger partial charge in [-0.2, -0.15) is 0 Å². The van der Waals surface area contributed by atoms with E-state index in [-0.39, 0.29) is 11.1 Å². The minimum absolute atomic E-state index is 0.0140. The summed E-state index contributed by atoms with van der Waals surface area (Å²) in [5, 5.41) is 0.115. The maximum Gasteiger partial charge on any atom is 0.148 e. The minimum atomic E-state index is -0.429. The fourth-order valence-electron chi connectivity index (χ4n) is 1.58. The van der Waals surface area contributed by atoms with Gasteiger partial charge < -0.3 is 10.5 Å². The SMILES string of the molecule is COc1c(CC(C)N)cc(Cl)c(F)c1C. The van der Waals surface area contributed by atoms with Crippen molar-refractivity contribution in [2.24, 2.45) is 5.73 Å². The third-order valence-electron chi connectivity index (χ3n) is 2.22. The number of methoxy groups -OCH3 is 1. The van der Waals surface area contributed by atoms with Gasteiger partial charge in [-0.15, -0.1) is 0 Å². The first kappa shape index (κ1) is 12.3. The Balaban J connectivity index is 3.25. The molecule has 0 radical (unpaired) electrons. The molecule has 0 aromatic heterocycles. The summed E-state index contributed by atoms with van der Waals surface area (Å²) in [5.41, 5.74) is 6.97. The topological polar surface area (TPSA) is 35.2 Å². The smallest absolute Gasteiger partial charge is 0.148 e. The number of hydrogen-bond donors (Lipinski definition) is 1. The van der Waals surface area contributed by atoms with Crippen LogP contribution in [-0.4, -0.2) is 13.2 Å². The van der Waals surface area contributed by atoms with Gasteiger partial charge in [0.1, 0.15) is 11.6 Å². The molecule has 0 aliphatic heterocycles. The molecule has 0 amide bonds. The number of rotatable bonds is 3. The molecule has 4 heteroatoms. The van der Waals surface area contributed by atoms with Crippen LogP contribution >= 0.6 is 11.6 Å². The fourth-order valence-corrected chi connectivity index (χ4v) is 1.86. The van der Waals surface area contributed by atoms with Crippen molar-refractivity contribution in [1.82, 2.24) is 0 Å². The molecule has 1 rings (SSSR count). The lowest BCUT2D eigenvalue weighted by atomic mass is 10.0. The number of nitrogens with two attached hydrogens (primary N) is 1. The maximum atomic E-state index is 13.5. The molecule has 0 saturated carbocycles. The predicted molar refractivity (Wildman–Crippen MR) is 60.1 cm³/mol. The van der Waals surface area contributed by atoms with Crippen molar-refractivity contribution in [2.75, 3.05) is 7.11 Å². The molecular weight excluding hydrogens is 217 g/mol. The first-order valence-corrected chi connectivity index (χ1v) is 5.12. The van der Waals surface area contributed by atoms with Gasteiger partial charge in [-0.05, 0) is 31.9 Å². The van der Waals surface area contributed by atoms with Crippen molar-refractivity contribution >= 4 is 11.6 Å². The molecule has 0 spiro atoms. The molecule has 1 atom stereocenters. The molecule has 1 aromatic rings. The molecule has 0 aliphatic rings. The van der Waals surface area contributed by atoms with E-state index in [0.717, 1.165) is 5.56 Å². The van der Waals surface area contributed by atoms with E-state index >= 15 is 0 Å². The summed E-state index contributed by atoms with van der Waals surface area (Å²) in [7, 11) is 1.51. The van der Waals surface area contributed by atoms with Gasteiger partial charge in [0.15, 0.2) is 0 Å². The number of benzene rings is 1. The Labute approximate surface area is 94.2 Å². The average Bonchev–Trinajstić information content (AvgIpc) is 2.14. The molecular formula is C11H15ClFNO. The third kappa shape index (κ3) is 2.61. The van der Waals surface area contributed by atoms with Gasteiger partial charge in [0.2, 0.25) is 0 Å². The van der Waals surface area contributed by atoms with E-state index in [1.807, 2.05) is 6.92 Å². The zero-order valence-electron chi connectivity index (χ0n) is 9.10. The monoisotopic (exact) mass is 231 g/mol. The van der Waals surface area contributed by atoms with Crippen LogP contribution in [0.5, 0.6) is 5.75 Å². The van der Waals surface area contributed by atoms with Gasteiger partial charge in [-0.25, -0.2) is 4.39 Å². The molecule has 0 saturated heterocycles. The van der Waals surface area contributed by atoms with Crippen molar-refractivity contribution in [2.45, 2.75) is 26.3 Å². The normalized spacial score (nSPS) is 12.7. The lowest BCUT2D eigenvalue weighted by Crippen LogP contribution is -2.18. The van der Waals surface area contributed by atoms with Crippen molar-refractivity contribution < 1.29 is 9.13 Å². The molecule has 1 aromatic carbocycles. The second-order valence-corrected chi connectivity index (χ2v) is 4.08. The van der Waals surface area contributed by atoms with Crippen LogP contribution in [0.4, 0.5) is 4.39 Å². The van der Waals surface area contributed by atoms with Crippen molar-refractivity contribution in [3.63, 3.8) is 0 Å². The molecule has 2 N–H and O–H groups in total. The Morgan fingerprint density at radius 3 is 2.67 bits per heavy atom. The van der Waals surface area contributed by atoms with Crippen LogP contribution in [0, 0.1) is 12.7 Å². The van der Waals surface area contributed by atoms with Gasteiger partial charge >= 0.3 is 0 Å². The van der Waals surface area contributed by atoms with Crippen LogP contribution in [0.1, 0.15) is 18.1 Å². The highest BCUT2D eigenvalue weighted by atomic mass is 35.5. The molecule has 1 unspecified atom stereocenters. The van der Waals surface area contributed by atoms with Crippen LogP contribution in [0.3, 0.4) is 0 Å². The lowest BCUT2D eigenvalue weighted by Gasteiger charge is -2.14. The Kier molecular flexibility index (Phi) is 3.94. The molecule has 15 heavy (non-hydrogen) atoms. The molecule has 2 nitrogen and oxygen atoms in total. The van der Waals surface area contributed by atoms with Gasteiger partial charge in [-0.1, -0.05) is 11.6 Å². The van der Waals surface area contributed by atoms with E-state index in [1.54, 1.807) is 13.0 Å². The summed E-state index contributed by atoms with van der Waals surface area (Å²) in [4.78, 5) is 0. The van der Waals surface area contributed by atoms with Crippen LogP contribution in [0.25, 0.3) is 0 Å². The second-order valence-electron chi connectivity index (χ2n) is 3.67. The third-order valence-corrected chi connectivity index (χ3v) is 2.49. The molecule has 0 heterocycles. The van der Waals surface area contributed by atoms with Gasteiger partial charge in [0, 0.05) is 11.6 Å². The molecule has 84 valence electrons. The van der Waals surface area contributed by atoms with E-state index < -0.39 is 5.82 Å². The number of hydrogen-bond acceptors (Lipinski definition) is 2. The predicted octanol–water partition coefficient (Wildman–Crippen LogP) is 2.69. The zero-order valence-corrected chi connectivity index (χ0v) is 9.86. The van der Waals surface area contributed by atoms with Crippen LogP contribution in [0.15, 0.2) is 6.07 Å². The summed E-state index contributed by atoms with van der Waals surface area (Å²) in [6.07, 6.45) is 0.615.